The first-order valence-electron chi connectivity index (χ1n) is 12.1. The van der Waals surface area contributed by atoms with Crippen molar-refractivity contribution in [1.82, 2.24) is 14.9 Å². The summed E-state index contributed by atoms with van der Waals surface area (Å²) < 4.78 is 10.7. The molecule has 0 unspecified atom stereocenters. The molecule has 1 amide bonds. The van der Waals surface area contributed by atoms with Crippen molar-refractivity contribution in [3.8, 4) is 0 Å². The number of benzene rings is 1. The predicted molar refractivity (Wildman–Crippen MR) is 151 cm³/mol. The third-order valence-electron chi connectivity index (χ3n) is 5.77. The minimum atomic E-state index is -0.664. The van der Waals surface area contributed by atoms with Crippen molar-refractivity contribution >= 4 is 55.7 Å². The molecule has 4 rings (SSSR count). The molecule has 0 spiro atoms. The number of fused-ring (bicyclic) bond motifs is 1. The minimum Gasteiger partial charge on any atom is -0.462 e. The number of carbonyl (C=O) groups excluding carboxylic acids is 3. The zero-order valence-electron chi connectivity index (χ0n) is 22.2. The van der Waals surface area contributed by atoms with Crippen LogP contribution >= 0.6 is 22.7 Å². The van der Waals surface area contributed by atoms with Gasteiger partial charge in [-0.2, -0.15) is 0 Å². The number of aromatic amines is 1. The lowest BCUT2D eigenvalue weighted by Gasteiger charge is -2.07. The maximum absolute atomic E-state index is 13.4. The molecule has 0 fully saturated rings. The molecule has 12 heteroatoms. The molecule has 0 aliphatic rings. The average Bonchev–Trinajstić information content (AvgIpc) is 3.39. The number of nitrogens with zero attached hydrogens (tertiary/aromatic N) is 2. The second-order valence-electron chi connectivity index (χ2n) is 8.98. The molecule has 2 N–H and O–H groups in total. The molecule has 0 bridgehead atoms. The molecule has 10 nitrogen and oxygen atoms in total. The number of carbonyl (C=O) groups is 3. The zero-order chi connectivity index (χ0) is 28.3. The van der Waals surface area contributed by atoms with Crippen LogP contribution in [0.4, 0.5) is 5.00 Å². The zero-order valence-corrected chi connectivity index (χ0v) is 23.8. The molecule has 0 aliphatic heterocycles. The summed E-state index contributed by atoms with van der Waals surface area (Å²) in [5.41, 5.74) is 1.41. The van der Waals surface area contributed by atoms with E-state index in [1.807, 2.05) is 49.3 Å². The van der Waals surface area contributed by atoms with Crippen molar-refractivity contribution in [3.63, 3.8) is 0 Å². The summed E-state index contributed by atoms with van der Waals surface area (Å²) in [5.74, 6) is -1.32. The van der Waals surface area contributed by atoms with Crippen LogP contribution in [0.25, 0.3) is 10.2 Å². The van der Waals surface area contributed by atoms with Gasteiger partial charge in [-0.1, -0.05) is 30.3 Å². The third-order valence-corrected chi connectivity index (χ3v) is 8.15. The number of esters is 2. The van der Waals surface area contributed by atoms with E-state index in [4.69, 9.17) is 9.47 Å². The van der Waals surface area contributed by atoms with E-state index in [0.29, 0.717) is 33.7 Å². The van der Waals surface area contributed by atoms with Crippen molar-refractivity contribution < 1.29 is 23.9 Å². The SMILES string of the molecule is CCOC(=O)c1c(NC(=O)c2sc3nc(CN(C)C)[nH]c(=O)c3c2C)sc(C(=O)OCc2ccccc2)c1C. The number of ether oxygens (including phenoxy) is 2. The van der Waals surface area contributed by atoms with Gasteiger partial charge in [0.1, 0.15) is 27.1 Å². The van der Waals surface area contributed by atoms with E-state index < -0.39 is 17.8 Å². The van der Waals surface area contributed by atoms with Gasteiger partial charge in [0, 0.05) is 0 Å². The van der Waals surface area contributed by atoms with E-state index in [9.17, 15) is 19.2 Å². The number of nitrogens with one attached hydrogen (secondary N) is 2. The van der Waals surface area contributed by atoms with Crippen molar-refractivity contribution in [2.45, 2.75) is 33.9 Å². The molecule has 0 aliphatic carbocycles. The van der Waals surface area contributed by atoms with Crippen LogP contribution in [0.3, 0.4) is 0 Å². The summed E-state index contributed by atoms with van der Waals surface area (Å²) in [6.45, 7) is 5.57. The first kappa shape index (κ1) is 28.1. The monoisotopic (exact) mass is 568 g/mol. The number of rotatable bonds is 9. The standard InChI is InChI=1S/C27H28N4O6S2/c1-6-36-26(34)19-15(3)21(27(35)37-13-16-10-8-7-9-11-16)39-25(19)30-23(33)20-14(2)18-22(32)28-17(12-31(4)5)29-24(18)38-20/h7-11H,6,12-13H2,1-5H3,(H,30,33)(H,28,29,32). The Morgan fingerprint density at radius 2 is 1.72 bits per heavy atom. The molecule has 0 atom stereocenters. The van der Waals surface area contributed by atoms with Crippen LogP contribution in [0.15, 0.2) is 35.1 Å². The van der Waals surface area contributed by atoms with E-state index in [0.717, 1.165) is 28.2 Å². The molecule has 39 heavy (non-hydrogen) atoms. The number of thiophene rings is 2. The van der Waals surface area contributed by atoms with E-state index in [2.05, 4.69) is 15.3 Å². The van der Waals surface area contributed by atoms with Gasteiger partial charge in [-0.05, 0) is 51.6 Å². The van der Waals surface area contributed by atoms with Crippen LogP contribution in [0.5, 0.6) is 0 Å². The van der Waals surface area contributed by atoms with Crippen LogP contribution in [0.2, 0.25) is 0 Å². The second kappa shape index (κ2) is 11.9. The fraction of sp³-hybridized carbons (Fsp3) is 0.296. The summed E-state index contributed by atoms with van der Waals surface area (Å²) in [7, 11) is 3.72. The number of hydrogen-bond donors (Lipinski definition) is 2. The Morgan fingerprint density at radius 3 is 2.38 bits per heavy atom. The minimum absolute atomic E-state index is 0.0613. The predicted octanol–water partition coefficient (Wildman–Crippen LogP) is 4.51. The van der Waals surface area contributed by atoms with Crippen molar-refractivity contribution in [2.75, 3.05) is 26.0 Å². The van der Waals surface area contributed by atoms with E-state index in [1.165, 1.54) is 0 Å². The summed E-state index contributed by atoms with van der Waals surface area (Å²) in [4.78, 5) is 62.0. The molecular formula is C27H28N4O6S2. The Morgan fingerprint density at radius 1 is 1.00 bits per heavy atom. The van der Waals surface area contributed by atoms with Gasteiger partial charge in [0.2, 0.25) is 0 Å². The lowest BCUT2D eigenvalue weighted by atomic mass is 10.1. The molecule has 1 aromatic carbocycles. The van der Waals surface area contributed by atoms with Crippen molar-refractivity contribution in [1.29, 1.82) is 0 Å². The van der Waals surface area contributed by atoms with Gasteiger partial charge in [-0.25, -0.2) is 14.6 Å². The van der Waals surface area contributed by atoms with Gasteiger partial charge in [0.15, 0.2) is 0 Å². The van der Waals surface area contributed by atoms with Gasteiger partial charge in [0.05, 0.1) is 29.0 Å². The summed E-state index contributed by atoms with van der Waals surface area (Å²) in [5, 5.41) is 3.26. The van der Waals surface area contributed by atoms with Crippen LogP contribution in [0.1, 0.15) is 59.1 Å². The highest BCUT2D eigenvalue weighted by atomic mass is 32.1. The van der Waals surface area contributed by atoms with E-state index in [1.54, 1.807) is 20.8 Å². The van der Waals surface area contributed by atoms with Gasteiger partial charge in [-0.15, -0.1) is 22.7 Å². The Labute approximate surface area is 232 Å². The van der Waals surface area contributed by atoms with Gasteiger partial charge < -0.3 is 24.7 Å². The van der Waals surface area contributed by atoms with E-state index in [-0.39, 0.29) is 39.1 Å². The molecule has 4 aromatic rings. The second-order valence-corrected chi connectivity index (χ2v) is 11.0. The van der Waals surface area contributed by atoms with Gasteiger partial charge in [-0.3, -0.25) is 9.59 Å². The van der Waals surface area contributed by atoms with Crippen LogP contribution in [-0.2, 0) is 22.6 Å². The number of aromatic nitrogens is 2. The highest BCUT2D eigenvalue weighted by molar-refractivity contribution is 7.21. The average molecular weight is 569 g/mol. The molecule has 3 heterocycles. The van der Waals surface area contributed by atoms with Gasteiger partial charge >= 0.3 is 11.9 Å². The number of amides is 1. The molecule has 0 saturated carbocycles. The topological polar surface area (TPSA) is 131 Å². The largest absolute Gasteiger partial charge is 0.462 e. The Hall–Kier alpha value is -3.87. The molecule has 3 aromatic heterocycles. The van der Waals surface area contributed by atoms with Crippen molar-refractivity contribution in [3.05, 3.63) is 78.5 Å². The van der Waals surface area contributed by atoms with Crippen LogP contribution in [0, 0.1) is 13.8 Å². The van der Waals surface area contributed by atoms with E-state index >= 15 is 0 Å². The number of anilines is 1. The molecule has 0 radical (unpaired) electrons. The fourth-order valence-corrected chi connectivity index (χ4v) is 6.15. The maximum atomic E-state index is 13.4. The summed E-state index contributed by atoms with van der Waals surface area (Å²) in [6, 6.07) is 9.22. The normalized spacial score (nSPS) is 11.1. The lowest BCUT2D eigenvalue weighted by molar-refractivity contribution is 0.0477. The Kier molecular flexibility index (Phi) is 8.58. The number of H-pyrrole nitrogens is 1. The third kappa shape index (κ3) is 6.08. The Bertz CT molecular complexity index is 1600. The molecular weight excluding hydrogens is 540 g/mol. The summed E-state index contributed by atoms with van der Waals surface area (Å²) >= 11 is 2.03. The molecule has 204 valence electrons. The quantitative estimate of drug-likeness (QED) is 0.282. The van der Waals surface area contributed by atoms with Crippen LogP contribution in [-0.4, -0.2) is 53.4 Å². The van der Waals surface area contributed by atoms with Crippen LogP contribution < -0.4 is 10.9 Å². The lowest BCUT2D eigenvalue weighted by Crippen LogP contribution is -2.18. The Balaban J connectivity index is 1.66. The maximum Gasteiger partial charge on any atom is 0.349 e. The van der Waals surface area contributed by atoms with Crippen molar-refractivity contribution in [2.24, 2.45) is 0 Å². The highest BCUT2D eigenvalue weighted by Crippen LogP contribution is 2.36. The first-order valence-corrected chi connectivity index (χ1v) is 13.7. The highest BCUT2D eigenvalue weighted by Gasteiger charge is 2.29. The molecule has 0 saturated heterocycles. The fourth-order valence-electron chi connectivity index (χ4n) is 3.97. The number of hydrogen-bond acceptors (Lipinski definition) is 10. The smallest absolute Gasteiger partial charge is 0.349 e. The summed E-state index contributed by atoms with van der Waals surface area (Å²) in [6.07, 6.45) is 0. The van der Waals surface area contributed by atoms with Gasteiger partial charge in [0.25, 0.3) is 11.5 Å². The first-order chi connectivity index (χ1) is 18.6. The number of aryl methyl sites for hydroxylation is 1.